The maximum Gasteiger partial charge on any atom is 0.287 e. The maximum absolute atomic E-state index is 11.6. The van der Waals surface area contributed by atoms with Gasteiger partial charge in [0, 0.05) is 18.7 Å². The Morgan fingerprint density at radius 1 is 1.62 bits per heavy atom. The van der Waals surface area contributed by atoms with Crippen molar-refractivity contribution in [2.45, 2.75) is 19.7 Å². The largest absolute Gasteiger partial charge is 0.456 e. The molecule has 0 fully saturated rings. The van der Waals surface area contributed by atoms with Gasteiger partial charge in [-0.1, -0.05) is 0 Å². The van der Waals surface area contributed by atoms with E-state index in [-0.39, 0.29) is 5.91 Å². The molecule has 90 valence electrons. The van der Waals surface area contributed by atoms with Gasteiger partial charge in [0.25, 0.3) is 5.91 Å². The van der Waals surface area contributed by atoms with Crippen molar-refractivity contribution >= 4 is 17.5 Å². The summed E-state index contributed by atoms with van der Waals surface area (Å²) in [5.74, 6) is 1.09. The molecule has 4 nitrogen and oxygen atoms in total. The lowest BCUT2D eigenvalue weighted by Crippen LogP contribution is -2.26. The molecule has 0 bridgehead atoms. The van der Waals surface area contributed by atoms with Crippen LogP contribution in [-0.4, -0.2) is 25.7 Å². The number of halogens is 1. The minimum Gasteiger partial charge on any atom is -0.456 e. The number of ether oxygens (including phenoxy) is 1. The molecule has 0 aliphatic carbocycles. The lowest BCUT2D eigenvalue weighted by atomic mass is 10.3. The van der Waals surface area contributed by atoms with Gasteiger partial charge in [0.05, 0.1) is 12.5 Å². The molecule has 0 aliphatic rings. The lowest BCUT2D eigenvalue weighted by molar-refractivity contribution is 0.0894. The first-order chi connectivity index (χ1) is 7.69. The van der Waals surface area contributed by atoms with Gasteiger partial charge in [0.2, 0.25) is 0 Å². The molecule has 1 aromatic rings. The number of carbonyl (C=O) groups excluding carboxylic acids is 1. The first-order valence-corrected chi connectivity index (χ1v) is 5.73. The first kappa shape index (κ1) is 13.1. The van der Waals surface area contributed by atoms with Gasteiger partial charge in [-0.15, -0.1) is 11.6 Å². The Morgan fingerprint density at radius 2 is 2.38 bits per heavy atom. The number of alkyl halides is 1. The predicted molar refractivity (Wildman–Crippen MR) is 61.8 cm³/mol. The van der Waals surface area contributed by atoms with E-state index in [1.54, 1.807) is 13.0 Å². The molecule has 0 unspecified atom stereocenters. The molecule has 0 aliphatic heterocycles. The van der Waals surface area contributed by atoms with E-state index in [2.05, 4.69) is 5.32 Å². The predicted octanol–water partition coefficient (Wildman–Crippen LogP) is 2.09. The van der Waals surface area contributed by atoms with Crippen LogP contribution in [0.15, 0.2) is 10.5 Å². The normalized spacial score (nSPS) is 10.4. The molecule has 1 rings (SSSR count). The number of carbonyl (C=O) groups is 1. The molecule has 1 aromatic heterocycles. The molecule has 1 amide bonds. The highest BCUT2D eigenvalue weighted by atomic mass is 35.5. The van der Waals surface area contributed by atoms with Crippen molar-refractivity contribution in [3.63, 3.8) is 0 Å². The van der Waals surface area contributed by atoms with Crippen molar-refractivity contribution < 1.29 is 13.9 Å². The fourth-order valence-electron chi connectivity index (χ4n) is 1.23. The second-order valence-electron chi connectivity index (χ2n) is 3.28. The van der Waals surface area contributed by atoms with E-state index in [1.165, 1.54) is 0 Å². The van der Waals surface area contributed by atoms with Crippen LogP contribution in [0.3, 0.4) is 0 Å². The van der Waals surface area contributed by atoms with Crippen LogP contribution in [0, 0.1) is 6.92 Å². The Balaban J connectivity index is 2.46. The smallest absolute Gasteiger partial charge is 0.287 e. The van der Waals surface area contributed by atoms with Gasteiger partial charge in [-0.2, -0.15) is 0 Å². The third kappa shape index (κ3) is 3.54. The van der Waals surface area contributed by atoms with Gasteiger partial charge in [-0.05, 0) is 19.9 Å². The zero-order valence-electron chi connectivity index (χ0n) is 9.51. The van der Waals surface area contributed by atoms with E-state index in [0.29, 0.717) is 37.2 Å². The summed E-state index contributed by atoms with van der Waals surface area (Å²) in [6.07, 6.45) is 0. The van der Waals surface area contributed by atoms with Crippen molar-refractivity contribution in [1.82, 2.24) is 5.32 Å². The quantitative estimate of drug-likeness (QED) is 0.617. The lowest BCUT2D eigenvalue weighted by Gasteiger charge is -2.02. The van der Waals surface area contributed by atoms with Gasteiger partial charge in [-0.25, -0.2) is 0 Å². The summed E-state index contributed by atoms with van der Waals surface area (Å²) in [5.41, 5.74) is 0.844. The SMILES string of the molecule is CCOCCNC(=O)c1cc(CCl)c(C)o1. The fourth-order valence-corrected chi connectivity index (χ4v) is 1.50. The van der Waals surface area contributed by atoms with Crippen molar-refractivity contribution in [2.75, 3.05) is 19.8 Å². The molecule has 1 heterocycles. The summed E-state index contributed by atoms with van der Waals surface area (Å²) >= 11 is 5.68. The van der Waals surface area contributed by atoms with E-state index < -0.39 is 0 Å². The highest BCUT2D eigenvalue weighted by molar-refractivity contribution is 6.17. The van der Waals surface area contributed by atoms with E-state index in [4.69, 9.17) is 20.8 Å². The van der Waals surface area contributed by atoms with E-state index in [0.717, 1.165) is 5.56 Å². The highest BCUT2D eigenvalue weighted by Crippen LogP contribution is 2.16. The van der Waals surface area contributed by atoms with Crippen LogP contribution in [0.2, 0.25) is 0 Å². The molecule has 0 radical (unpaired) electrons. The van der Waals surface area contributed by atoms with Crippen molar-refractivity contribution in [3.05, 3.63) is 23.2 Å². The fraction of sp³-hybridized carbons (Fsp3) is 0.545. The summed E-state index contributed by atoms with van der Waals surface area (Å²) < 4.78 is 10.4. The number of hydrogen-bond donors (Lipinski definition) is 1. The molecule has 0 atom stereocenters. The molecule has 0 saturated carbocycles. The third-order valence-electron chi connectivity index (χ3n) is 2.12. The monoisotopic (exact) mass is 245 g/mol. The van der Waals surface area contributed by atoms with Gasteiger partial charge in [0.1, 0.15) is 5.76 Å². The minimum absolute atomic E-state index is 0.237. The summed E-state index contributed by atoms with van der Waals surface area (Å²) in [6, 6.07) is 1.67. The molecule has 0 spiro atoms. The number of furan rings is 1. The molecular weight excluding hydrogens is 230 g/mol. The van der Waals surface area contributed by atoms with Gasteiger partial charge < -0.3 is 14.5 Å². The molecule has 1 N–H and O–H groups in total. The zero-order chi connectivity index (χ0) is 12.0. The van der Waals surface area contributed by atoms with Gasteiger partial charge >= 0.3 is 0 Å². The van der Waals surface area contributed by atoms with Crippen LogP contribution in [0.1, 0.15) is 28.8 Å². The first-order valence-electron chi connectivity index (χ1n) is 5.20. The average molecular weight is 246 g/mol. The van der Waals surface area contributed by atoms with Crippen LogP contribution in [0.5, 0.6) is 0 Å². The summed E-state index contributed by atoms with van der Waals surface area (Å²) in [5, 5.41) is 2.70. The Bertz CT molecular complexity index is 349. The Morgan fingerprint density at radius 3 is 2.94 bits per heavy atom. The van der Waals surface area contributed by atoms with Crippen LogP contribution in [-0.2, 0) is 10.6 Å². The average Bonchev–Trinajstić information content (AvgIpc) is 2.66. The summed E-state index contributed by atoms with van der Waals surface area (Å²) in [7, 11) is 0. The molecule has 16 heavy (non-hydrogen) atoms. The molecule has 0 saturated heterocycles. The van der Waals surface area contributed by atoms with Crippen molar-refractivity contribution in [2.24, 2.45) is 0 Å². The van der Waals surface area contributed by atoms with Crippen LogP contribution in [0.4, 0.5) is 0 Å². The third-order valence-corrected chi connectivity index (χ3v) is 2.41. The number of amides is 1. The molecular formula is C11H16ClNO3. The molecule has 5 heteroatoms. The summed E-state index contributed by atoms with van der Waals surface area (Å²) in [6.45, 7) is 5.32. The second kappa shape index (κ2) is 6.55. The molecule has 0 aromatic carbocycles. The van der Waals surface area contributed by atoms with E-state index in [9.17, 15) is 4.79 Å². The number of nitrogens with one attached hydrogen (secondary N) is 1. The topological polar surface area (TPSA) is 51.5 Å². The number of hydrogen-bond acceptors (Lipinski definition) is 3. The number of rotatable bonds is 6. The zero-order valence-corrected chi connectivity index (χ0v) is 10.3. The van der Waals surface area contributed by atoms with E-state index >= 15 is 0 Å². The number of aryl methyl sites for hydroxylation is 1. The Kier molecular flexibility index (Phi) is 5.35. The van der Waals surface area contributed by atoms with Gasteiger partial charge in [0.15, 0.2) is 5.76 Å². The van der Waals surface area contributed by atoms with E-state index in [1.807, 2.05) is 6.92 Å². The minimum atomic E-state index is -0.237. The van der Waals surface area contributed by atoms with Crippen LogP contribution in [0.25, 0.3) is 0 Å². The van der Waals surface area contributed by atoms with Gasteiger partial charge in [-0.3, -0.25) is 4.79 Å². The maximum atomic E-state index is 11.6. The summed E-state index contributed by atoms with van der Waals surface area (Å²) in [4.78, 5) is 11.6. The Labute approximate surface area is 99.9 Å². The van der Waals surface area contributed by atoms with Crippen molar-refractivity contribution in [3.8, 4) is 0 Å². The standard InChI is InChI=1S/C11H16ClNO3/c1-3-15-5-4-13-11(14)10-6-9(7-12)8(2)16-10/h6H,3-5,7H2,1-2H3,(H,13,14). The second-order valence-corrected chi connectivity index (χ2v) is 3.55. The highest BCUT2D eigenvalue weighted by Gasteiger charge is 2.13. The van der Waals surface area contributed by atoms with Crippen LogP contribution < -0.4 is 5.32 Å². The van der Waals surface area contributed by atoms with Crippen LogP contribution >= 0.6 is 11.6 Å². The van der Waals surface area contributed by atoms with Crippen molar-refractivity contribution in [1.29, 1.82) is 0 Å². The Hall–Kier alpha value is -1.00.